The fourth-order valence-corrected chi connectivity index (χ4v) is 4.92. The molecule has 164 valence electrons. The summed E-state index contributed by atoms with van der Waals surface area (Å²) in [6, 6.07) is 8.65. The van der Waals surface area contributed by atoms with E-state index >= 15 is 0 Å². The molecule has 2 aliphatic rings. The summed E-state index contributed by atoms with van der Waals surface area (Å²) >= 11 is 0. The van der Waals surface area contributed by atoms with E-state index in [9.17, 15) is 0 Å². The van der Waals surface area contributed by atoms with Gasteiger partial charge in [-0.3, -0.25) is 9.67 Å². The predicted octanol–water partition coefficient (Wildman–Crippen LogP) is 4.20. The van der Waals surface area contributed by atoms with E-state index in [1.54, 1.807) is 0 Å². The van der Waals surface area contributed by atoms with Gasteiger partial charge in [0.25, 0.3) is 0 Å². The van der Waals surface area contributed by atoms with Crippen molar-refractivity contribution in [1.29, 1.82) is 0 Å². The molecule has 1 aromatic heterocycles. The number of guanidine groups is 1. The van der Waals surface area contributed by atoms with Gasteiger partial charge in [-0.15, -0.1) is 24.0 Å². The Morgan fingerprint density at radius 1 is 1.27 bits per heavy atom. The van der Waals surface area contributed by atoms with Crippen LogP contribution in [0.4, 0.5) is 0 Å². The van der Waals surface area contributed by atoms with E-state index < -0.39 is 0 Å². The molecule has 2 heterocycles. The van der Waals surface area contributed by atoms with Crippen LogP contribution in [0.3, 0.4) is 0 Å². The maximum Gasteiger partial charge on any atom is 0.191 e. The highest BCUT2D eigenvalue weighted by Crippen LogP contribution is 2.46. The summed E-state index contributed by atoms with van der Waals surface area (Å²) in [6.07, 6.45) is 6.72. The molecule has 6 nitrogen and oxygen atoms in total. The molecule has 1 atom stereocenters. The van der Waals surface area contributed by atoms with Gasteiger partial charge in [-0.25, -0.2) is 0 Å². The van der Waals surface area contributed by atoms with Gasteiger partial charge in [0, 0.05) is 38.3 Å². The number of aryl methyl sites for hydroxylation is 2. The number of fused-ring (bicyclic) bond motifs is 1. The first kappa shape index (κ1) is 22.9. The van der Waals surface area contributed by atoms with Crippen molar-refractivity contribution in [3.05, 3.63) is 46.8 Å². The normalized spacial score (nSPS) is 19.7. The van der Waals surface area contributed by atoms with Crippen LogP contribution in [-0.2, 0) is 13.5 Å². The van der Waals surface area contributed by atoms with Crippen molar-refractivity contribution in [1.82, 2.24) is 20.4 Å². The standard InChI is InChI=1S/C23H33N5O.HI/c1-16-18(17(2)28(4)27-16)11-14-25-22(24-3)26-20-15-23(12-7-8-13-23)29-21-10-6-5-9-19(20)21;/h5-6,9-10,20H,7-8,11-15H2,1-4H3,(H2,24,25,26);1H. The number of rotatable bonds is 4. The van der Waals surface area contributed by atoms with Crippen molar-refractivity contribution in [2.45, 2.75) is 64.0 Å². The number of benzene rings is 1. The zero-order valence-corrected chi connectivity index (χ0v) is 20.8. The Bertz CT molecular complexity index is 901. The highest BCUT2D eigenvalue weighted by atomic mass is 127. The summed E-state index contributed by atoms with van der Waals surface area (Å²) in [5.74, 6) is 1.87. The Kier molecular flexibility index (Phi) is 7.31. The van der Waals surface area contributed by atoms with E-state index in [1.807, 2.05) is 18.8 Å². The van der Waals surface area contributed by atoms with E-state index in [4.69, 9.17) is 4.74 Å². The predicted molar refractivity (Wildman–Crippen MR) is 132 cm³/mol. The van der Waals surface area contributed by atoms with Crippen molar-refractivity contribution < 1.29 is 4.74 Å². The Balaban J connectivity index is 0.00000256. The van der Waals surface area contributed by atoms with Crippen LogP contribution >= 0.6 is 24.0 Å². The summed E-state index contributed by atoms with van der Waals surface area (Å²) in [7, 11) is 3.84. The summed E-state index contributed by atoms with van der Waals surface area (Å²) in [5.41, 5.74) is 4.86. The third kappa shape index (κ3) is 4.60. The van der Waals surface area contributed by atoms with Gasteiger partial charge in [0.15, 0.2) is 5.96 Å². The second kappa shape index (κ2) is 9.58. The highest BCUT2D eigenvalue weighted by molar-refractivity contribution is 14.0. The highest BCUT2D eigenvalue weighted by Gasteiger charge is 2.43. The number of para-hydroxylation sites is 1. The smallest absolute Gasteiger partial charge is 0.191 e. The van der Waals surface area contributed by atoms with E-state index in [1.165, 1.54) is 29.7 Å². The number of nitrogens with zero attached hydrogens (tertiary/aromatic N) is 3. The van der Waals surface area contributed by atoms with Crippen LogP contribution in [0.25, 0.3) is 0 Å². The van der Waals surface area contributed by atoms with Gasteiger partial charge in [-0.1, -0.05) is 18.2 Å². The minimum Gasteiger partial charge on any atom is -0.487 e. The SMILES string of the molecule is CN=C(NCCc1c(C)nn(C)c1C)NC1CC2(CCCC2)Oc2ccccc21.I. The van der Waals surface area contributed by atoms with Crippen molar-refractivity contribution in [2.24, 2.45) is 12.0 Å². The van der Waals surface area contributed by atoms with Gasteiger partial charge < -0.3 is 15.4 Å². The van der Waals surface area contributed by atoms with Crippen LogP contribution in [0.2, 0.25) is 0 Å². The van der Waals surface area contributed by atoms with Crippen LogP contribution in [0.15, 0.2) is 29.3 Å². The van der Waals surface area contributed by atoms with E-state index in [2.05, 4.69) is 58.8 Å². The molecule has 0 amide bonds. The fourth-order valence-electron chi connectivity index (χ4n) is 4.92. The molecule has 1 aliphatic heterocycles. The van der Waals surface area contributed by atoms with Gasteiger partial charge in [-0.2, -0.15) is 5.10 Å². The molecule has 7 heteroatoms. The molecule has 2 aromatic rings. The van der Waals surface area contributed by atoms with Crippen LogP contribution < -0.4 is 15.4 Å². The molecule has 0 radical (unpaired) electrons. The number of halogens is 1. The second-order valence-electron chi connectivity index (χ2n) is 8.45. The lowest BCUT2D eigenvalue weighted by molar-refractivity contribution is 0.0396. The third-order valence-corrected chi connectivity index (χ3v) is 6.57. The van der Waals surface area contributed by atoms with Gasteiger partial charge in [0.2, 0.25) is 0 Å². The summed E-state index contributed by atoms with van der Waals surface area (Å²) < 4.78 is 8.44. The number of hydrogen-bond donors (Lipinski definition) is 2. The summed E-state index contributed by atoms with van der Waals surface area (Å²) in [4.78, 5) is 4.48. The van der Waals surface area contributed by atoms with E-state index in [0.717, 1.165) is 49.6 Å². The molecule has 4 rings (SSSR count). The molecule has 2 N–H and O–H groups in total. The van der Waals surface area contributed by atoms with E-state index in [-0.39, 0.29) is 35.6 Å². The molecule has 0 bridgehead atoms. The monoisotopic (exact) mass is 523 g/mol. The van der Waals surface area contributed by atoms with Crippen molar-refractivity contribution in [3.63, 3.8) is 0 Å². The van der Waals surface area contributed by atoms with Gasteiger partial charge in [-0.05, 0) is 57.6 Å². The lowest BCUT2D eigenvalue weighted by Crippen LogP contribution is -2.47. The lowest BCUT2D eigenvalue weighted by Gasteiger charge is -2.40. The Hall–Kier alpha value is -1.77. The largest absolute Gasteiger partial charge is 0.487 e. The summed E-state index contributed by atoms with van der Waals surface area (Å²) in [5, 5.41) is 11.7. The zero-order valence-electron chi connectivity index (χ0n) is 18.5. The second-order valence-corrected chi connectivity index (χ2v) is 8.45. The Labute approximate surface area is 196 Å². The average Bonchev–Trinajstić information content (AvgIpc) is 3.25. The first-order valence-electron chi connectivity index (χ1n) is 10.8. The topological polar surface area (TPSA) is 63.5 Å². The number of aliphatic imine (C=N–C) groups is 1. The van der Waals surface area contributed by atoms with Gasteiger partial charge >= 0.3 is 0 Å². The summed E-state index contributed by atoms with van der Waals surface area (Å²) in [6.45, 7) is 5.03. The molecule has 0 saturated heterocycles. The molecule has 1 unspecified atom stereocenters. The average molecular weight is 523 g/mol. The fraction of sp³-hybridized carbons (Fsp3) is 0.565. The lowest BCUT2D eigenvalue weighted by atomic mass is 9.86. The molecular weight excluding hydrogens is 489 g/mol. The van der Waals surface area contributed by atoms with Crippen LogP contribution in [0, 0.1) is 13.8 Å². The Morgan fingerprint density at radius 3 is 2.67 bits per heavy atom. The molecule has 1 spiro atoms. The van der Waals surface area contributed by atoms with E-state index in [0.29, 0.717) is 0 Å². The molecule has 1 aliphatic carbocycles. The van der Waals surface area contributed by atoms with Crippen LogP contribution in [0.1, 0.15) is 60.7 Å². The molecule has 30 heavy (non-hydrogen) atoms. The van der Waals surface area contributed by atoms with Gasteiger partial charge in [0.05, 0.1) is 11.7 Å². The maximum absolute atomic E-state index is 6.48. The Morgan fingerprint density at radius 2 is 2.00 bits per heavy atom. The number of ether oxygens (including phenoxy) is 1. The van der Waals surface area contributed by atoms with Crippen molar-refractivity contribution >= 4 is 29.9 Å². The first-order chi connectivity index (χ1) is 14.0. The molecular formula is C23H34IN5O. The molecule has 1 saturated carbocycles. The maximum atomic E-state index is 6.48. The van der Waals surface area contributed by atoms with Crippen LogP contribution in [0.5, 0.6) is 5.75 Å². The third-order valence-electron chi connectivity index (χ3n) is 6.57. The van der Waals surface area contributed by atoms with Crippen molar-refractivity contribution in [2.75, 3.05) is 13.6 Å². The van der Waals surface area contributed by atoms with Crippen LogP contribution in [-0.4, -0.2) is 34.9 Å². The van der Waals surface area contributed by atoms with Crippen molar-refractivity contribution in [3.8, 4) is 5.75 Å². The number of nitrogens with one attached hydrogen (secondary N) is 2. The minimum absolute atomic E-state index is 0. The number of aromatic nitrogens is 2. The first-order valence-corrected chi connectivity index (χ1v) is 10.8. The van der Waals surface area contributed by atoms with Gasteiger partial charge in [0.1, 0.15) is 11.4 Å². The zero-order chi connectivity index (χ0) is 20.4. The molecule has 1 fully saturated rings. The number of hydrogen-bond acceptors (Lipinski definition) is 3. The molecule has 1 aromatic carbocycles. The minimum atomic E-state index is -0.0190. The quantitative estimate of drug-likeness (QED) is 0.359.